The van der Waals surface area contributed by atoms with Gasteiger partial charge in [-0.3, -0.25) is 9.59 Å². The first-order chi connectivity index (χ1) is 15.1. The average Bonchev–Trinajstić information content (AvgIpc) is 3.10. The molecule has 0 N–H and O–H groups in total. The number of hydrogen-bond donors (Lipinski definition) is 0. The zero-order valence-corrected chi connectivity index (χ0v) is 20.7. The number of carbonyl (C=O) groups excluding carboxylic acids is 3. The lowest BCUT2D eigenvalue weighted by atomic mass is 9.44. The Morgan fingerprint density at radius 3 is 2.31 bits per heavy atom. The summed E-state index contributed by atoms with van der Waals surface area (Å²) in [6, 6.07) is 0. The van der Waals surface area contributed by atoms with E-state index in [9.17, 15) is 14.4 Å². The van der Waals surface area contributed by atoms with Crippen LogP contribution < -0.4 is 0 Å². The second-order valence-corrected chi connectivity index (χ2v) is 12.0. The van der Waals surface area contributed by atoms with Crippen molar-refractivity contribution in [2.75, 3.05) is 7.11 Å². The van der Waals surface area contributed by atoms with Crippen LogP contribution in [0.25, 0.3) is 0 Å². The van der Waals surface area contributed by atoms with Crippen molar-refractivity contribution in [3.8, 4) is 0 Å². The minimum absolute atomic E-state index is 0.111. The quantitative estimate of drug-likeness (QED) is 0.421. The van der Waals surface area contributed by atoms with Gasteiger partial charge in [-0.1, -0.05) is 20.8 Å². The van der Waals surface area contributed by atoms with E-state index < -0.39 is 5.97 Å². The normalized spacial score (nSPS) is 43.9. The molecule has 0 amide bonds. The van der Waals surface area contributed by atoms with Crippen LogP contribution in [0.15, 0.2) is 0 Å². The van der Waals surface area contributed by atoms with Crippen molar-refractivity contribution in [2.45, 2.75) is 98.0 Å². The molecule has 4 fully saturated rings. The van der Waals surface area contributed by atoms with Crippen molar-refractivity contribution in [1.29, 1.82) is 0 Å². The molecule has 0 aliphatic heterocycles. The fourth-order valence-electron chi connectivity index (χ4n) is 9.17. The molecule has 0 unspecified atom stereocenters. The molecule has 0 aromatic heterocycles. The first-order valence-electron chi connectivity index (χ1n) is 12.9. The molecule has 32 heavy (non-hydrogen) atoms. The SMILES string of the molecule is COC(=O)C(=O)C[C@@H](C)[C@H]1CC[C@H]2[C@@H]3CC[C@@H]4C[C@H](OC(C)=O)CC[C@]4(C)[C@H]3CC[C@]12C. The Morgan fingerprint density at radius 1 is 0.938 bits per heavy atom. The van der Waals surface area contributed by atoms with E-state index >= 15 is 0 Å². The van der Waals surface area contributed by atoms with Crippen molar-refractivity contribution < 1.29 is 23.9 Å². The van der Waals surface area contributed by atoms with Crippen LogP contribution in [-0.2, 0) is 23.9 Å². The highest BCUT2D eigenvalue weighted by Gasteiger charge is 2.60. The van der Waals surface area contributed by atoms with Gasteiger partial charge in [-0.25, -0.2) is 4.79 Å². The number of fused-ring (bicyclic) bond motifs is 5. The summed E-state index contributed by atoms with van der Waals surface area (Å²) in [6.07, 6.45) is 11.1. The van der Waals surface area contributed by atoms with Gasteiger partial charge in [0.2, 0.25) is 5.78 Å². The molecule has 0 bridgehead atoms. The average molecular weight is 447 g/mol. The molecular weight excluding hydrogens is 404 g/mol. The Morgan fingerprint density at radius 2 is 1.62 bits per heavy atom. The molecule has 0 radical (unpaired) electrons. The van der Waals surface area contributed by atoms with Crippen LogP contribution in [0.1, 0.15) is 91.9 Å². The summed E-state index contributed by atoms with van der Waals surface area (Å²) in [6.45, 7) is 8.71. The zero-order valence-electron chi connectivity index (χ0n) is 20.7. The number of carbonyl (C=O) groups is 3. The van der Waals surface area contributed by atoms with Gasteiger partial charge in [-0.15, -0.1) is 0 Å². The summed E-state index contributed by atoms with van der Waals surface area (Å²) in [4.78, 5) is 35.4. The van der Waals surface area contributed by atoms with Crippen molar-refractivity contribution in [1.82, 2.24) is 0 Å². The fraction of sp³-hybridized carbons (Fsp3) is 0.889. The largest absolute Gasteiger partial charge is 0.463 e. The summed E-state index contributed by atoms with van der Waals surface area (Å²) in [5.41, 5.74) is 0.639. The third-order valence-electron chi connectivity index (χ3n) is 10.6. The Bertz CT molecular complexity index is 761. The minimum Gasteiger partial charge on any atom is -0.463 e. The molecular formula is C27H42O5. The summed E-state index contributed by atoms with van der Waals surface area (Å²) in [7, 11) is 1.29. The van der Waals surface area contributed by atoms with Crippen LogP contribution in [0.5, 0.6) is 0 Å². The lowest BCUT2D eigenvalue weighted by Crippen LogP contribution is -2.54. The first-order valence-corrected chi connectivity index (χ1v) is 12.9. The summed E-state index contributed by atoms with van der Waals surface area (Å²) in [5.74, 6) is 2.45. The lowest BCUT2D eigenvalue weighted by molar-refractivity contribution is -0.160. The molecule has 9 atom stereocenters. The second kappa shape index (κ2) is 8.76. The fourth-order valence-corrected chi connectivity index (χ4v) is 9.17. The van der Waals surface area contributed by atoms with Crippen molar-refractivity contribution in [3.63, 3.8) is 0 Å². The van der Waals surface area contributed by atoms with E-state index in [4.69, 9.17) is 4.74 Å². The Balaban J connectivity index is 1.46. The van der Waals surface area contributed by atoms with E-state index in [1.54, 1.807) is 0 Å². The molecule has 4 aliphatic rings. The van der Waals surface area contributed by atoms with Crippen molar-refractivity contribution in [2.24, 2.45) is 46.3 Å². The molecule has 5 heteroatoms. The van der Waals surface area contributed by atoms with Gasteiger partial charge in [0.15, 0.2) is 0 Å². The maximum Gasteiger partial charge on any atom is 0.374 e. The lowest BCUT2D eigenvalue weighted by Gasteiger charge is -2.61. The van der Waals surface area contributed by atoms with E-state index in [-0.39, 0.29) is 29.2 Å². The molecule has 0 aromatic carbocycles. The van der Waals surface area contributed by atoms with Crippen LogP contribution in [0.2, 0.25) is 0 Å². The van der Waals surface area contributed by atoms with Crippen LogP contribution in [0.4, 0.5) is 0 Å². The van der Waals surface area contributed by atoms with Gasteiger partial charge in [0.05, 0.1) is 7.11 Å². The number of methoxy groups -OCH3 is 1. The van der Waals surface area contributed by atoms with Crippen LogP contribution in [0, 0.1) is 46.3 Å². The van der Waals surface area contributed by atoms with Crippen LogP contribution >= 0.6 is 0 Å². The molecule has 180 valence electrons. The number of ketones is 1. The van der Waals surface area contributed by atoms with Gasteiger partial charge >= 0.3 is 11.9 Å². The minimum atomic E-state index is -0.698. The number of rotatable bonds is 5. The van der Waals surface area contributed by atoms with Gasteiger partial charge in [0.25, 0.3) is 0 Å². The molecule has 0 heterocycles. The summed E-state index contributed by atoms with van der Waals surface area (Å²) in [5, 5.41) is 0. The Kier molecular flexibility index (Phi) is 6.50. The van der Waals surface area contributed by atoms with Crippen LogP contribution in [0.3, 0.4) is 0 Å². The predicted octanol–water partition coefficient (Wildman–Crippen LogP) is 5.35. The van der Waals surface area contributed by atoms with E-state index in [0.717, 1.165) is 30.6 Å². The maximum atomic E-state index is 12.2. The van der Waals surface area contributed by atoms with Gasteiger partial charge in [0, 0.05) is 13.3 Å². The molecule has 0 aromatic rings. The zero-order chi connectivity index (χ0) is 23.3. The molecule has 0 spiro atoms. The smallest absolute Gasteiger partial charge is 0.374 e. The van der Waals surface area contributed by atoms with E-state index in [2.05, 4.69) is 25.5 Å². The standard InChI is InChI=1S/C27H42O5/c1-16(14-24(29)25(30)31-5)21-8-9-22-20-7-6-18-15-19(32-17(2)28)10-12-26(18,3)23(20)11-13-27(21,22)4/h16,18-23H,6-15H2,1-5H3/t16-,18-,19-,20+,21-,22+,23+,26+,27-/m1/s1. The number of Topliss-reactive ketones (excluding diaryl/α,β-unsaturated/α-hetero) is 1. The van der Waals surface area contributed by atoms with E-state index in [1.807, 2.05) is 0 Å². The summed E-state index contributed by atoms with van der Waals surface area (Å²) < 4.78 is 10.3. The monoisotopic (exact) mass is 446 g/mol. The van der Waals surface area contributed by atoms with Crippen molar-refractivity contribution in [3.05, 3.63) is 0 Å². The molecule has 4 rings (SSSR count). The Labute approximate surface area is 193 Å². The molecule has 4 aliphatic carbocycles. The highest BCUT2D eigenvalue weighted by molar-refractivity contribution is 6.33. The number of esters is 2. The third kappa shape index (κ3) is 3.92. The number of ether oxygens (including phenoxy) is 2. The van der Waals surface area contributed by atoms with Gasteiger partial charge in [-0.2, -0.15) is 0 Å². The molecule has 4 saturated carbocycles. The highest BCUT2D eigenvalue weighted by atomic mass is 16.5. The van der Waals surface area contributed by atoms with Crippen molar-refractivity contribution >= 4 is 17.7 Å². The predicted molar refractivity (Wildman–Crippen MR) is 122 cm³/mol. The molecule has 0 saturated heterocycles. The first kappa shape index (κ1) is 23.8. The topological polar surface area (TPSA) is 69.7 Å². The highest BCUT2D eigenvalue weighted by Crippen LogP contribution is 2.68. The Hall–Kier alpha value is -1.39. The van der Waals surface area contributed by atoms with Gasteiger partial charge in [0.1, 0.15) is 6.10 Å². The van der Waals surface area contributed by atoms with E-state index in [1.165, 1.54) is 59.0 Å². The van der Waals surface area contributed by atoms with Gasteiger partial charge in [-0.05, 0) is 104 Å². The summed E-state index contributed by atoms with van der Waals surface area (Å²) >= 11 is 0. The number of hydrogen-bond acceptors (Lipinski definition) is 5. The van der Waals surface area contributed by atoms with Gasteiger partial charge < -0.3 is 9.47 Å². The maximum absolute atomic E-state index is 12.2. The van der Waals surface area contributed by atoms with Crippen LogP contribution in [-0.4, -0.2) is 30.9 Å². The second-order valence-electron chi connectivity index (χ2n) is 12.0. The molecule has 5 nitrogen and oxygen atoms in total. The van der Waals surface area contributed by atoms with E-state index in [0.29, 0.717) is 23.7 Å². The third-order valence-corrected chi connectivity index (χ3v) is 10.6.